The normalized spacial score (nSPS) is 12.4. The summed E-state index contributed by atoms with van der Waals surface area (Å²) in [7, 11) is 1.54. The van der Waals surface area contributed by atoms with Crippen molar-refractivity contribution in [3.63, 3.8) is 0 Å². The van der Waals surface area contributed by atoms with E-state index in [2.05, 4.69) is 0 Å². The third kappa shape index (κ3) is 3.37. The number of hydrogen-bond acceptors (Lipinski definition) is 3. The van der Waals surface area contributed by atoms with Gasteiger partial charge in [0.2, 0.25) is 0 Å². The Labute approximate surface area is 107 Å². The number of para-hydroxylation sites is 1. The van der Waals surface area contributed by atoms with Crippen molar-refractivity contribution in [3.8, 4) is 11.5 Å². The molecule has 94 valence electrons. The van der Waals surface area contributed by atoms with Crippen LogP contribution in [0.25, 0.3) is 0 Å². The Morgan fingerprint density at radius 3 is 2.47 bits per heavy atom. The molecule has 1 rings (SSSR count). The topological polar surface area (TPSA) is 35.5 Å². The minimum absolute atomic E-state index is 0.0326. The summed E-state index contributed by atoms with van der Waals surface area (Å²) in [5, 5.41) is -0.708. The van der Waals surface area contributed by atoms with Crippen molar-refractivity contribution in [1.82, 2.24) is 0 Å². The molecule has 0 N–H and O–H groups in total. The molecule has 0 aliphatic rings. The van der Waals surface area contributed by atoms with E-state index in [9.17, 15) is 4.79 Å². The number of carbonyl (C=O) groups excluding carboxylic acids is 1. The van der Waals surface area contributed by atoms with Gasteiger partial charge in [0.25, 0.3) is 0 Å². The fourth-order valence-electron chi connectivity index (χ4n) is 1.52. The lowest BCUT2D eigenvalue weighted by Crippen LogP contribution is -2.09. The van der Waals surface area contributed by atoms with Gasteiger partial charge in [-0.2, -0.15) is 0 Å². The number of ether oxygens (including phenoxy) is 2. The number of hydrogen-bond donors (Lipinski definition) is 0. The Bertz CT molecular complexity index is 402. The van der Waals surface area contributed by atoms with Crippen LogP contribution in [0, 0.1) is 0 Å². The van der Waals surface area contributed by atoms with Crippen LogP contribution in [-0.4, -0.2) is 19.0 Å². The van der Waals surface area contributed by atoms with Crippen molar-refractivity contribution in [2.75, 3.05) is 7.11 Å². The summed E-state index contributed by atoms with van der Waals surface area (Å²) < 4.78 is 10.9. The zero-order valence-corrected chi connectivity index (χ0v) is 11.2. The average molecular weight is 257 g/mol. The zero-order chi connectivity index (χ0) is 13.0. The number of benzene rings is 1. The molecule has 1 atom stereocenters. The number of ketones is 1. The molecule has 17 heavy (non-hydrogen) atoms. The van der Waals surface area contributed by atoms with Crippen molar-refractivity contribution in [1.29, 1.82) is 0 Å². The van der Waals surface area contributed by atoms with E-state index in [1.807, 2.05) is 13.8 Å². The highest BCUT2D eigenvalue weighted by Crippen LogP contribution is 2.38. The molecule has 1 aromatic rings. The van der Waals surface area contributed by atoms with Crippen LogP contribution in [0.1, 0.15) is 31.7 Å². The second-order valence-electron chi connectivity index (χ2n) is 4.02. The van der Waals surface area contributed by atoms with E-state index in [-0.39, 0.29) is 11.9 Å². The molecule has 0 aliphatic heterocycles. The van der Waals surface area contributed by atoms with Crippen molar-refractivity contribution in [3.05, 3.63) is 23.8 Å². The lowest BCUT2D eigenvalue weighted by Gasteiger charge is -2.17. The first-order chi connectivity index (χ1) is 7.97. The second-order valence-corrected chi connectivity index (χ2v) is 4.45. The third-order valence-electron chi connectivity index (χ3n) is 2.21. The van der Waals surface area contributed by atoms with E-state index >= 15 is 0 Å². The van der Waals surface area contributed by atoms with E-state index in [1.165, 1.54) is 14.0 Å². The van der Waals surface area contributed by atoms with Crippen LogP contribution in [-0.2, 0) is 4.79 Å². The molecule has 0 saturated carbocycles. The Morgan fingerprint density at radius 1 is 1.35 bits per heavy atom. The molecule has 0 saturated heterocycles. The lowest BCUT2D eigenvalue weighted by molar-refractivity contribution is -0.116. The first kappa shape index (κ1) is 13.8. The maximum absolute atomic E-state index is 11.3. The summed E-state index contributed by atoms with van der Waals surface area (Å²) in [6.07, 6.45) is 0.0326. The molecule has 3 nitrogen and oxygen atoms in total. The fraction of sp³-hybridized carbons (Fsp3) is 0.462. The summed E-state index contributed by atoms with van der Waals surface area (Å²) in [6, 6.07) is 5.37. The minimum atomic E-state index is -0.708. The molecule has 0 radical (unpaired) electrons. The smallest absolute Gasteiger partial charge is 0.165 e. The number of carbonyl (C=O) groups is 1. The number of Topliss-reactive ketones (excluding diaryl/α,β-unsaturated/α-hetero) is 1. The molecule has 0 fully saturated rings. The van der Waals surface area contributed by atoms with Crippen molar-refractivity contribution >= 4 is 17.4 Å². The fourth-order valence-corrected chi connectivity index (χ4v) is 1.69. The maximum Gasteiger partial charge on any atom is 0.165 e. The third-order valence-corrected chi connectivity index (χ3v) is 2.75. The highest BCUT2D eigenvalue weighted by molar-refractivity contribution is 6.31. The van der Waals surface area contributed by atoms with Gasteiger partial charge >= 0.3 is 0 Å². The zero-order valence-electron chi connectivity index (χ0n) is 10.5. The molecule has 1 aromatic carbocycles. The average Bonchev–Trinajstić information content (AvgIpc) is 2.26. The summed E-state index contributed by atoms with van der Waals surface area (Å²) in [6.45, 7) is 5.30. The first-order valence-corrected chi connectivity index (χ1v) is 5.89. The van der Waals surface area contributed by atoms with E-state index in [4.69, 9.17) is 21.1 Å². The van der Waals surface area contributed by atoms with Gasteiger partial charge in [-0.15, -0.1) is 11.6 Å². The summed E-state index contributed by atoms with van der Waals surface area (Å²) in [5.41, 5.74) is 0.639. The first-order valence-electron chi connectivity index (χ1n) is 5.45. The van der Waals surface area contributed by atoms with Crippen molar-refractivity contribution in [2.24, 2.45) is 0 Å². The van der Waals surface area contributed by atoms with Gasteiger partial charge in [0.05, 0.1) is 13.2 Å². The molecule has 0 heterocycles. The van der Waals surface area contributed by atoms with Crippen LogP contribution < -0.4 is 9.47 Å². The quantitative estimate of drug-likeness (QED) is 0.758. The van der Waals surface area contributed by atoms with Crippen LogP contribution in [0.5, 0.6) is 11.5 Å². The van der Waals surface area contributed by atoms with Crippen LogP contribution in [0.4, 0.5) is 0 Å². The summed E-state index contributed by atoms with van der Waals surface area (Å²) in [4.78, 5) is 11.3. The highest BCUT2D eigenvalue weighted by atomic mass is 35.5. The molecule has 0 spiro atoms. The molecule has 4 heteroatoms. The molecule has 0 aliphatic carbocycles. The Kier molecular flexibility index (Phi) is 4.82. The lowest BCUT2D eigenvalue weighted by atomic mass is 10.1. The van der Waals surface area contributed by atoms with E-state index in [0.29, 0.717) is 17.1 Å². The van der Waals surface area contributed by atoms with Crippen LogP contribution >= 0.6 is 11.6 Å². The molecule has 0 bridgehead atoms. The van der Waals surface area contributed by atoms with Crippen LogP contribution in [0.15, 0.2) is 18.2 Å². The maximum atomic E-state index is 11.3. The number of halogens is 1. The van der Waals surface area contributed by atoms with Gasteiger partial charge in [0.15, 0.2) is 17.3 Å². The highest BCUT2D eigenvalue weighted by Gasteiger charge is 2.21. The Balaban J connectivity index is 3.18. The van der Waals surface area contributed by atoms with Gasteiger partial charge in [-0.3, -0.25) is 4.79 Å². The largest absolute Gasteiger partial charge is 0.493 e. The van der Waals surface area contributed by atoms with Crippen molar-refractivity contribution in [2.45, 2.75) is 32.3 Å². The van der Waals surface area contributed by atoms with Gasteiger partial charge in [0, 0.05) is 5.56 Å². The molecule has 1 unspecified atom stereocenters. The van der Waals surface area contributed by atoms with Gasteiger partial charge in [-0.05, 0) is 26.8 Å². The predicted molar refractivity (Wildman–Crippen MR) is 68.0 cm³/mol. The SMILES string of the molecule is COc1c(OC(C)C)cccc1C(Cl)C(C)=O. The summed E-state index contributed by atoms with van der Waals surface area (Å²) >= 11 is 6.05. The van der Waals surface area contributed by atoms with E-state index in [1.54, 1.807) is 18.2 Å². The van der Waals surface area contributed by atoms with E-state index < -0.39 is 5.38 Å². The molecular weight excluding hydrogens is 240 g/mol. The van der Waals surface area contributed by atoms with Gasteiger partial charge in [0.1, 0.15) is 5.38 Å². The van der Waals surface area contributed by atoms with E-state index in [0.717, 1.165) is 0 Å². The standard InChI is InChI=1S/C13H17ClO3/c1-8(2)17-11-7-5-6-10(13(11)16-4)12(14)9(3)15/h5-8,12H,1-4H3. The minimum Gasteiger partial charge on any atom is -0.493 e. The van der Waals surface area contributed by atoms with Gasteiger partial charge < -0.3 is 9.47 Å². The Hall–Kier alpha value is -1.22. The van der Waals surface area contributed by atoms with Gasteiger partial charge in [-0.25, -0.2) is 0 Å². The number of rotatable bonds is 5. The van der Waals surface area contributed by atoms with Crippen LogP contribution in [0.2, 0.25) is 0 Å². The number of alkyl halides is 1. The van der Waals surface area contributed by atoms with Crippen LogP contribution in [0.3, 0.4) is 0 Å². The molecule has 0 amide bonds. The van der Waals surface area contributed by atoms with Gasteiger partial charge in [-0.1, -0.05) is 12.1 Å². The van der Waals surface area contributed by atoms with Crippen molar-refractivity contribution < 1.29 is 14.3 Å². The molecule has 0 aromatic heterocycles. The summed E-state index contributed by atoms with van der Waals surface area (Å²) in [5.74, 6) is 1.01. The monoisotopic (exact) mass is 256 g/mol. The number of methoxy groups -OCH3 is 1. The Morgan fingerprint density at radius 2 is 2.00 bits per heavy atom. The molecular formula is C13H17ClO3. The predicted octanol–water partition coefficient (Wildman–Crippen LogP) is 3.35. The second kappa shape index (κ2) is 5.92.